The van der Waals surface area contributed by atoms with Crippen molar-refractivity contribution in [3.63, 3.8) is 0 Å². The largest absolute Gasteiger partial charge is 0.481 e. The summed E-state index contributed by atoms with van der Waals surface area (Å²) >= 11 is 0. The Morgan fingerprint density at radius 2 is 1.88 bits per heavy atom. The molecule has 0 saturated heterocycles. The quantitative estimate of drug-likeness (QED) is 0.805. The summed E-state index contributed by atoms with van der Waals surface area (Å²) in [6, 6.07) is 0. The van der Waals surface area contributed by atoms with E-state index in [1.807, 2.05) is 7.05 Å². The Bertz CT molecular complexity index is 223. The molecule has 0 heterocycles. The van der Waals surface area contributed by atoms with Crippen LogP contribution < -0.4 is 5.32 Å². The molecule has 1 aliphatic carbocycles. The molecule has 0 amide bonds. The average molecular weight is 250 g/mol. The molecule has 96 valence electrons. The van der Waals surface area contributed by atoms with Crippen molar-refractivity contribution < 1.29 is 9.90 Å². The zero-order valence-electron chi connectivity index (χ0n) is 10.5. The summed E-state index contributed by atoms with van der Waals surface area (Å²) in [6.07, 6.45) is 3.64. The van der Waals surface area contributed by atoms with Gasteiger partial charge in [0.25, 0.3) is 0 Å². The Hall–Kier alpha value is -0.280. The number of carbonyl (C=O) groups is 1. The second-order valence-electron chi connectivity index (χ2n) is 5.46. The number of hydrogen-bond acceptors (Lipinski definition) is 2. The van der Waals surface area contributed by atoms with Gasteiger partial charge in [-0.25, -0.2) is 0 Å². The van der Waals surface area contributed by atoms with E-state index in [0.717, 1.165) is 19.4 Å². The van der Waals surface area contributed by atoms with E-state index in [9.17, 15) is 4.79 Å². The first-order chi connectivity index (χ1) is 6.97. The van der Waals surface area contributed by atoms with Crippen molar-refractivity contribution in [1.29, 1.82) is 0 Å². The maximum atomic E-state index is 10.9. The predicted octanol–water partition coefficient (Wildman–Crippen LogP) is 2.54. The summed E-state index contributed by atoms with van der Waals surface area (Å²) in [5.74, 6) is 0.648. The normalized spacial score (nSPS) is 34.2. The van der Waals surface area contributed by atoms with Crippen LogP contribution in [-0.2, 0) is 4.79 Å². The third-order valence-corrected chi connectivity index (χ3v) is 3.45. The molecule has 0 aromatic heterocycles. The van der Waals surface area contributed by atoms with Crippen LogP contribution in [0.4, 0.5) is 0 Å². The highest BCUT2D eigenvalue weighted by atomic mass is 35.5. The third-order valence-electron chi connectivity index (χ3n) is 3.45. The smallest absolute Gasteiger partial charge is 0.303 e. The molecule has 1 fully saturated rings. The molecule has 1 unspecified atom stereocenters. The van der Waals surface area contributed by atoms with E-state index in [0.29, 0.717) is 18.3 Å². The Kier molecular flexibility index (Phi) is 6.34. The Morgan fingerprint density at radius 3 is 2.25 bits per heavy atom. The van der Waals surface area contributed by atoms with Crippen molar-refractivity contribution in [3.8, 4) is 0 Å². The first-order valence-corrected chi connectivity index (χ1v) is 5.84. The fourth-order valence-electron chi connectivity index (χ4n) is 3.46. The molecule has 0 radical (unpaired) electrons. The fraction of sp³-hybridized carbons (Fsp3) is 0.917. The van der Waals surface area contributed by atoms with Gasteiger partial charge in [0.05, 0.1) is 6.42 Å². The molecular formula is C12H24ClNO2. The second kappa shape index (κ2) is 6.45. The van der Waals surface area contributed by atoms with Crippen molar-refractivity contribution in [2.24, 2.45) is 17.3 Å². The van der Waals surface area contributed by atoms with E-state index in [1.165, 1.54) is 6.42 Å². The van der Waals surface area contributed by atoms with Crippen LogP contribution in [0.1, 0.15) is 39.5 Å². The first kappa shape index (κ1) is 15.7. The van der Waals surface area contributed by atoms with Gasteiger partial charge in [0, 0.05) is 6.54 Å². The number of nitrogens with one attached hydrogen (secondary N) is 1. The molecule has 2 N–H and O–H groups in total. The van der Waals surface area contributed by atoms with Crippen LogP contribution >= 0.6 is 12.4 Å². The van der Waals surface area contributed by atoms with Crippen LogP contribution in [-0.4, -0.2) is 24.7 Å². The average Bonchev–Trinajstić information content (AvgIpc) is 1.99. The molecule has 0 aliphatic heterocycles. The van der Waals surface area contributed by atoms with Crippen molar-refractivity contribution >= 4 is 18.4 Å². The molecule has 3 atom stereocenters. The number of aliphatic carboxylic acids is 1. The highest BCUT2D eigenvalue weighted by Crippen LogP contribution is 2.44. The maximum absolute atomic E-state index is 10.9. The lowest BCUT2D eigenvalue weighted by molar-refractivity contribution is -0.140. The molecule has 1 aliphatic rings. The van der Waals surface area contributed by atoms with Gasteiger partial charge >= 0.3 is 5.97 Å². The van der Waals surface area contributed by atoms with Crippen LogP contribution in [0.3, 0.4) is 0 Å². The Labute approximate surface area is 104 Å². The molecule has 1 saturated carbocycles. The Balaban J connectivity index is 0.00000225. The molecule has 0 spiro atoms. The predicted molar refractivity (Wildman–Crippen MR) is 68.0 cm³/mol. The lowest BCUT2D eigenvalue weighted by Gasteiger charge is -2.42. The van der Waals surface area contributed by atoms with Gasteiger partial charge in [-0.05, 0) is 43.6 Å². The second-order valence-corrected chi connectivity index (χ2v) is 5.46. The standard InChI is InChI=1S/C12H23NO2.ClH/c1-9-4-10(2)6-12(5-9,8-13-3)7-11(14)15;/h9-10,13H,4-8H2,1-3H3,(H,14,15);1H/t9-,10+,12?;. The first-order valence-electron chi connectivity index (χ1n) is 5.84. The number of halogens is 1. The lowest BCUT2D eigenvalue weighted by Crippen LogP contribution is -2.40. The van der Waals surface area contributed by atoms with E-state index in [-0.39, 0.29) is 17.8 Å². The molecule has 4 heteroatoms. The van der Waals surface area contributed by atoms with E-state index in [4.69, 9.17) is 5.11 Å². The summed E-state index contributed by atoms with van der Waals surface area (Å²) in [5, 5.41) is 12.2. The van der Waals surface area contributed by atoms with E-state index in [2.05, 4.69) is 19.2 Å². The maximum Gasteiger partial charge on any atom is 0.303 e. The summed E-state index contributed by atoms with van der Waals surface area (Å²) in [6.45, 7) is 5.30. The number of carboxylic acids is 1. The number of carboxylic acid groups (broad SMARTS) is 1. The summed E-state index contributed by atoms with van der Waals surface area (Å²) in [4.78, 5) is 10.9. The molecule has 0 bridgehead atoms. The summed E-state index contributed by atoms with van der Waals surface area (Å²) < 4.78 is 0. The van der Waals surface area contributed by atoms with Gasteiger partial charge in [-0.1, -0.05) is 13.8 Å². The van der Waals surface area contributed by atoms with Crippen molar-refractivity contribution in [2.75, 3.05) is 13.6 Å². The van der Waals surface area contributed by atoms with Gasteiger partial charge in [0.1, 0.15) is 0 Å². The molecule has 3 nitrogen and oxygen atoms in total. The molecule has 0 aromatic rings. The van der Waals surface area contributed by atoms with Gasteiger partial charge in [-0.2, -0.15) is 0 Å². The Morgan fingerprint density at radius 1 is 1.38 bits per heavy atom. The van der Waals surface area contributed by atoms with Crippen LogP contribution in [0, 0.1) is 17.3 Å². The van der Waals surface area contributed by atoms with Crippen molar-refractivity contribution in [3.05, 3.63) is 0 Å². The van der Waals surface area contributed by atoms with Crippen LogP contribution in [0.5, 0.6) is 0 Å². The molecular weight excluding hydrogens is 226 g/mol. The van der Waals surface area contributed by atoms with Gasteiger partial charge in [0.2, 0.25) is 0 Å². The van der Waals surface area contributed by atoms with E-state index in [1.54, 1.807) is 0 Å². The topological polar surface area (TPSA) is 49.3 Å². The molecule has 0 aromatic carbocycles. The highest BCUT2D eigenvalue weighted by Gasteiger charge is 2.38. The van der Waals surface area contributed by atoms with Crippen molar-refractivity contribution in [1.82, 2.24) is 5.32 Å². The zero-order valence-corrected chi connectivity index (χ0v) is 11.3. The fourth-order valence-corrected chi connectivity index (χ4v) is 3.46. The highest BCUT2D eigenvalue weighted by molar-refractivity contribution is 5.85. The minimum atomic E-state index is -0.661. The minimum absolute atomic E-state index is 0. The van der Waals surface area contributed by atoms with E-state index >= 15 is 0 Å². The summed E-state index contributed by atoms with van der Waals surface area (Å²) in [7, 11) is 1.91. The third kappa shape index (κ3) is 4.30. The monoisotopic (exact) mass is 249 g/mol. The SMILES string of the molecule is CNCC1(CC(=O)O)C[C@H](C)C[C@H](C)C1.Cl. The van der Waals surface area contributed by atoms with E-state index < -0.39 is 5.97 Å². The summed E-state index contributed by atoms with van der Waals surface area (Å²) in [5.41, 5.74) is -0.0162. The van der Waals surface area contributed by atoms with Crippen LogP contribution in [0.15, 0.2) is 0 Å². The van der Waals surface area contributed by atoms with Crippen molar-refractivity contribution in [2.45, 2.75) is 39.5 Å². The van der Waals surface area contributed by atoms with Crippen LogP contribution in [0.25, 0.3) is 0 Å². The molecule has 16 heavy (non-hydrogen) atoms. The van der Waals surface area contributed by atoms with Crippen LogP contribution in [0.2, 0.25) is 0 Å². The lowest BCUT2D eigenvalue weighted by atomic mass is 9.64. The number of hydrogen-bond donors (Lipinski definition) is 2. The number of rotatable bonds is 4. The molecule has 1 rings (SSSR count). The minimum Gasteiger partial charge on any atom is -0.481 e. The van der Waals surface area contributed by atoms with Gasteiger partial charge in [0.15, 0.2) is 0 Å². The van der Waals surface area contributed by atoms with Gasteiger partial charge in [-0.15, -0.1) is 12.4 Å². The zero-order chi connectivity index (χ0) is 11.5. The van der Waals surface area contributed by atoms with Gasteiger partial charge in [-0.3, -0.25) is 4.79 Å². The van der Waals surface area contributed by atoms with Gasteiger partial charge < -0.3 is 10.4 Å².